The van der Waals surface area contributed by atoms with Crippen LogP contribution in [0.5, 0.6) is 5.75 Å². The molecule has 0 spiro atoms. The Balaban J connectivity index is 1.67. The maximum absolute atomic E-state index is 12.4. The second-order valence-corrected chi connectivity index (χ2v) is 6.78. The number of fused-ring (bicyclic) bond motifs is 1. The summed E-state index contributed by atoms with van der Waals surface area (Å²) < 4.78 is 21.9. The van der Waals surface area contributed by atoms with Crippen LogP contribution in [0.4, 0.5) is 0 Å². The van der Waals surface area contributed by atoms with Crippen LogP contribution < -0.4 is 4.74 Å². The molecule has 1 fully saturated rings. The first kappa shape index (κ1) is 19.2. The van der Waals surface area contributed by atoms with Crippen LogP contribution in [0.25, 0.3) is 11.0 Å². The summed E-state index contributed by atoms with van der Waals surface area (Å²) in [5, 5.41) is 0.787. The Labute approximate surface area is 158 Å². The minimum absolute atomic E-state index is 0.0365. The molecular weight excluding hydrogens is 350 g/mol. The topological polar surface area (TPSA) is 78.2 Å². The average Bonchev–Trinajstić information content (AvgIpc) is 2.95. The van der Waals surface area contributed by atoms with E-state index in [1.54, 1.807) is 24.0 Å². The zero-order valence-electron chi connectivity index (χ0n) is 16.1. The first-order chi connectivity index (χ1) is 12.9. The summed E-state index contributed by atoms with van der Waals surface area (Å²) in [5.74, 6) is -0.0724. The highest BCUT2D eigenvalue weighted by Gasteiger charge is 2.27. The van der Waals surface area contributed by atoms with Crippen molar-refractivity contribution in [2.24, 2.45) is 0 Å². The SMILES string of the molecule is CCOc1ccc2oc(C(=O)OCC(=O)N3C[C@H](C)O[C@@H](C)C3)c(C)c2c1. The Kier molecular flexibility index (Phi) is 5.70. The van der Waals surface area contributed by atoms with Crippen LogP contribution in [0, 0.1) is 6.92 Å². The number of carbonyl (C=O) groups excluding carboxylic acids is 2. The van der Waals surface area contributed by atoms with Crippen LogP contribution in [-0.4, -0.2) is 55.3 Å². The van der Waals surface area contributed by atoms with Gasteiger partial charge in [-0.3, -0.25) is 4.79 Å². The number of rotatable bonds is 5. The van der Waals surface area contributed by atoms with Crippen molar-refractivity contribution in [1.82, 2.24) is 4.90 Å². The van der Waals surface area contributed by atoms with Gasteiger partial charge in [-0.2, -0.15) is 0 Å². The summed E-state index contributed by atoms with van der Waals surface area (Å²) >= 11 is 0. The van der Waals surface area contributed by atoms with Crippen molar-refractivity contribution < 1.29 is 28.2 Å². The molecule has 1 aromatic heterocycles. The summed E-state index contributed by atoms with van der Waals surface area (Å²) in [7, 11) is 0. The maximum Gasteiger partial charge on any atom is 0.375 e. The van der Waals surface area contributed by atoms with Gasteiger partial charge in [0.25, 0.3) is 5.91 Å². The third-order valence-electron chi connectivity index (χ3n) is 4.50. The van der Waals surface area contributed by atoms with Gasteiger partial charge in [0, 0.05) is 24.0 Å². The molecule has 0 aliphatic carbocycles. The van der Waals surface area contributed by atoms with Crippen LogP contribution in [-0.2, 0) is 14.3 Å². The van der Waals surface area contributed by atoms with Gasteiger partial charge in [-0.25, -0.2) is 4.79 Å². The maximum atomic E-state index is 12.4. The Morgan fingerprint density at radius 3 is 2.59 bits per heavy atom. The molecule has 0 unspecified atom stereocenters. The molecule has 1 aliphatic rings. The lowest BCUT2D eigenvalue weighted by Crippen LogP contribution is -2.49. The van der Waals surface area contributed by atoms with Gasteiger partial charge in [-0.1, -0.05) is 0 Å². The predicted molar refractivity (Wildman–Crippen MR) is 99.0 cm³/mol. The van der Waals surface area contributed by atoms with E-state index in [0.29, 0.717) is 36.6 Å². The minimum Gasteiger partial charge on any atom is -0.494 e. The molecular formula is C20H25NO6. The van der Waals surface area contributed by atoms with Gasteiger partial charge in [-0.15, -0.1) is 0 Å². The highest BCUT2D eigenvalue weighted by atomic mass is 16.5. The fraction of sp³-hybridized carbons (Fsp3) is 0.500. The number of morpholine rings is 1. The molecule has 7 heteroatoms. The second-order valence-electron chi connectivity index (χ2n) is 6.78. The zero-order chi connectivity index (χ0) is 19.6. The molecule has 2 aromatic rings. The largest absolute Gasteiger partial charge is 0.494 e. The van der Waals surface area contributed by atoms with Crippen LogP contribution in [0.1, 0.15) is 36.9 Å². The number of amides is 1. The van der Waals surface area contributed by atoms with E-state index in [-0.39, 0.29) is 30.5 Å². The van der Waals surface area contributed by atoms with Crippen molar-refractivity contribution in [2.45, 2.75) is 39.9 Å². The number of hydrogen-bond acceptors (Lipinski definition) is 6. The third-order valence-corrected chi connectivity index (χ3v) is 4.50. The number of aryl methyl sites for hydroxylation is 1. The lowest BCUT2D eigenvalue weighted by molar-refractivity contribution is -0.146. The zero-order valence-corrected chi connectivity index (χ0v) is 16.1. The lowest BCUT2D eigenvalue weighted by Gasteiger charge is -2.35. The summed E-state index contributed by atoms with van der Waals surface area (Å²) in [6.45, 7) is 8.73. The first-order valence-electron chi connectivity index (χ1n) is 9.15. The van der Waals surface area contributed by atoms with Gasteiger partial charge >= 0.3 is 5.97 Å². The smallest absolute Gasteiger partial charge is 0.375 e. The molecule has 1 amide bonds. The number of furan rings is 1. The summed E-state index contributed by atoms with van der Waals surface area (Å²) in [5.41, 5.74) is 1.24. The van der Waals surface area contributed by atoms with Crippen molar-refractivity contribution in [3.05, 3.63) is 29.5 Å². The Morgan fingerprint density at radius 1 is 1.22 bits per heavy atom. The van der Waals surface area contributed by atoms with Gasteiger partial charge in [-0.05, 0) is 45.9 Å². The molecule has 27 heavy (non-hydrogen) atoms. The van der Waals surface area contributed by atoms with E-state index in [1.807, 2.05) is 26.8 Å². The number of esters is 1. The molecule has 2 atom stereocenters. The van der Waals surface area contributed by atoms with E-state index >= 15 is 0 Å². The molecule has 0 saturated carbocycles. The van der Waals surface area contributed by atoms with Crippen molar-refractivity contribution in [3.8, 4) is 5.75 Å². The van der Waals surface area contributed by atoms with E-state index in [0.717, 1.165) is 5.39 Å². The van der Waals surface area contributed by atoms with Crippen LogP contribution in [0.3, 0.4) is 0 Å². The average molecular weight is 375 g/mol. The van der Waals surface area contributed by atoms with E-state index in [4.69, 9.17) is 18.6 Å². The van der Waals surface area contributed by atoms with E-state index in [1.165, 1.54) is 0 Å². The number of hydrogen-bond donors (Lipinski definition) is 0. The molecule has 0 N–H and O–H groups in total. The molecule has 7 nitrogen and oxygen atoms in total. The van der Waals surface area contributed by atoms with Gasteiger partial charge < -0.3 is 23.5 Å². The van der Waals surface area contributed by atoms with E-state index in [2.05, 4.69) is 0 Å². The molecule has 146 valence electrons. The van der Waals surface area contributed by atoms with E-state index < -0.39 is 5.97 Å². The molecule has 2 heterocycles. The van der Waals surface area contributed by atoms with Crippen LogP contribution in [0.15, 0.2) is 22.6 Å². The number of ether oxygens (including phenoxy) is 3. The summed E-state index contributed by atoms with van der Waals surface area (Å²) in [6.07, 6.45) is -0.0730. The highest BCUT2D eigenvalue weighted by molar-refractivity contribution is 5.97. The summed E-state index contributed by atoms with van der Waals surface area (Å²) in [4.78, 5) is 26.4. The fourth-order valence-corrected chi connectivity index (χ4v) is 3.32. The fourth-order valence-electron chi connectivity index (χ4n) is 3.32. The van der Waals surface area contributed by atoms with Gasteiger partial charge in [0.05, 0.1) is 18.8 Å². The molecule has 1 aliphatic heterocycles. The van der Waals surface area contributed by atoms with Crippen molar-refractivity contribution in [2.75, 3.05) is 26.3 Å². The Bertz CT molecular complexity index is 832. The second kappa shape index (κ2) is 8.00. The van der Waals surface area contributed by atoms with Crippen molar-refractivity contribution in [1.29, 1.82) is 0 Å². The lowest BCUT2D eigenvalue weighted by atomic mass is 10.1. The normalized spacial score (nSPS) is 19.9. The standard InChI is InChI=1S/C20H25NO6/c1-5-24-15-6-7-17-16(8-15)14(4)19(27-17)20(23)25-11-18(22)21-9-12(2)26-13(3)10-21/h6-8,12-13H,5,9-11H2,1-4H3/t12-,13-/m0/s1. The number of benzene rings is 1. The van der Waals surface area contributed by atoms with Crippen LogP contribution >= 0.6 is 0 Å². The third kappa shape index (κ3) is 4.24. The van der Waals surface area contributed by atoms with Gasteiger partial charge in [0.1, 0.15) is 11.3 Å². The molecule has 0 bridgehead atoms. The van der Waals surface area contributed by atoms with E-state index in [9.17, 15) is 9.59 Å². The van der Waals surface area contributed by atoms with Crippen LogP contribution in [0.2, 0.25) is 0 Å². The molecule has 3 rings (SSSR count). The first-order valence-corrected chi connectivity index (χ1v) is 9.15. The van der Waals surface area contributed by atoms with Gasteiger partial charge in [0.2, 0.25) is 5.76 Å². The molecule has 1 saturated heterocycles. The van der Waals surface area contributed by atoms with Gasteiger partial charge in [0.15, 0.2) is 6.61 Å². The number of nitrogens with zero attached hydrogens (tertiary/aromatic N) is 1. The predicted octanol–water partition coefficient (Wildman–Crippen LogP) is 2.93. The Morgan fingerprint density at radius 2 is 1.93 bits per heavy atom. The molecule has 1 aromatic carbocycles. The van der Waals surface area contributed by atoms with Crippen molar-refractivity contribution in [3.63, 3.8) is 0 Å². The number of carbonyl (C=O) groups is 2. The highest BCUT2D eigenvalue weighted by Crippen LogP contribution is 2.29. The minimum atomic E-state index is -0.649. The van der Waals surface area contributed by atoms with Crippen molar-refractivity contribution >= 4 is 22.8 Å². The quantitative estimate of drug-likeness (QED) is 0.748. The molecule has 0 radical (unpaired) electrons. The summed E-state index contributed by atoms with van der Waals surface area (Å²) in [6, 6.07) is 5.37. The Hall–Kier alpha value is -2.54. The monoisotopic (exact) mass is 375 g/mol.